The smallest absolute Gasteiger partial charge is 0.154 e. The summed E-state index contributed by atoms with van der Waals surface area (Å²) in [5.41, 5.74) is 4.55. The van der Waals surface area contributed by atoms with E-state index in [2.05, 4.69) is 74.4 Å². The summed E-state index contributed by atoms with van der Waals surface area (Å²) < 4.78 is 6.18. The lowest BCUT2D eigenvalue weighted by atomic mass is 9.92. The van der Waals surface area contributed by atoms with E-state index >= 15 is 0 Å². The van der Waals surface area contributed by atoms with Gasteiger partial charge in [-0.15, -0.1) is 0 Å². The van der Waals surface area contributed by atoms with Crippen molar-refractivity contribution in [3.05, 3.63) is 28.8 Å². The molecular weight excluding hydrogens is 246 g/mol. The average molecular weight is 276 g/mol. The number of aryl methyl sites for hydroxylation is 3. The Hall–Kier alpha value is -1.02. The van der Waals surface area contributed by atoms with E-state index in [9.17, 15) is 0 Å². The maximum atomic E-state index is 6.18. The molecule has 0 aliphatic rings. The van der Waals surface area contributed by atoms with E-state index in [1.807, 2.05) is 0 Å². The maximum Gasteiger partial charge on any atom is 0.154 e. The highest BCUT2D eigenvalue weighted by Gasteiger charge is 2.31. The largest absolute Gasteiger partial charge is 0.350 e. The zero-order valence-electron chi connectivity index (χ0n) is 14.6. The second kappa shape index (κ2) is 5.77. The summed E-state index contributed by atoms with van der Waals surface area (Å²) in [5, 5.41) is 4.93. The molecule has 0 aromatic heterocycles. The number of hydrogen-bond donors (Lipinski definition) is 0. The summed E-state index contributed by atoms with van der Waals surface area (Å²) >= 11 is 0. The summed E-state index contributed by atoms with van der Waals surface area (Å²) in [6, 6.07) is 4.37. The summed E-state index contributed by atoms with van der Waals surface area (Å²) in [5.74, 6) is 0. The first kappa shape index (κ1) is 17.0. The van der Waals surface area contributed by atoms with Crippen molar-refractivity contribution in [2.75, 3.05) is 0 Å². The zero-order valence-corrected chi connectivity index (χ0v) is 14.6. The van der Waals surface area contributed by atoms with Crippen LogP contribution in [0.1, 0.15) is 58.2 Å². The molecule has 1 aromatic rings. The SMILES string of the molecule is Cc1cc(C)c([N][C@@H](OC(C)(C)C)C(C)(C)C)c(C)c1. The minimum absolute atomic E-state index is 0.0307. The number of nitrogens with zero attached hydrogens (tertiary/aromatic N) is 1. The first-order chi connectivity index (χ1) is 8.90. The second-order valence-electron chi connectivity index (χ2n) is 7.83. The topological polar surface area (TPSA) is 23.3 Å². The van der Waals surface area contributed by atoms with Crippen LogP contribution in [0.25, 0.3) is 0 Å². The van der Waals surface area contributed by atoms with Crippen molar-refractivity contribution in [2.24, 2.45) is 5.41 Å². The zero-order chi connectivity index (χ0) is 15.7. The number of benzene rings is 1. The van der Waals surface area contributed by atoms with Gasteiger partial charge in [0.05, 0.1) is 11.3 Å². The third-order valence-electron chi connectivity index (χ3n) is 3.09. The first-order valence-electron chi connectivity index (χ1n) is 7.37. The van der Waals surface area contributed by atoms with Crippen LogP contribution in [0.4, 0.5) is 5.69 Å². The van der Waals surface area contributed by atoms with Crippen molar-refractivity contribution in [3.8, 4) is 0 Å². The molecule has 0 saturated carbocycles. The van der Waals surface area contributed by atoms with Crippen molar-refractivity contribution in [3.63, 3.8) is 0 Å². The van der Waals surface area contributed by atoms with Crippen molar-refractivity contribution < 1.29 is 4.74 Å². The molecule has 20 heavy (non-hydrogen) atoms. The monoisotopic (exact) mass is 276 g/mol. The Morgan fingerprint density at radius 3 is 1.70 bits per heavy atom. The second-order valence-corrected chi connectivity index (χ2v) is 7.83. The Balaban J connectivity index is 3.08. The van der Waals surface area contributed by atoms with Gasteiger partial charge in [-0.05, 0) is 52.7 Å². The molecule has 1 atom stereocenters. The third kappa shape index (κ3) is 4.82. The van der Waals surface area contributed by atoms with Gasteiger partial charge in [0, 0.05) is 5.41 Å². The van der Waals surface area contributed by atoms with Crippen LogP contribution in [0.15, 0.2) is 12.1 Å². The van der Waals surface area contributed by atoms with Crippen molar-refractivity contribution in [1.82, 2.24) is 5.32 Å². The first-order valence-corrected chi connectivity index (χ1v) is 7.37. The fourth-order valence-electron chi connectivity index (χ4n) is 2.22. The lowest BCUT2D eigenvalue weighted by Gasteiger charge is -2.36. The van der Waals surface area contributed by atoms with Crippen LogP contribution in [-0.4, -0.2) is 11.8 Å². The van der Waals surface area contributed by atoms with E-state index in [4.69, 9.17) is 10.1 Å². The number of ether oxygens (including phenoxy) is 1. The molecule has 2 nitrogen and oxygen atoms in total. The van der Waals surface area contributed by atoms with Crippen LogP contribution in [0.2, 0.25) is 0 Å². The van der Waals surface area contributed by atoms with Crippen LogP contribution in [0.5, 0.6) is 0 Å². The standard InChI is InChI=1S/C18H30NO/c1-12-10-13(2)15(14(3)11-12)19-16(17(4,5)6)20-18(7,8)9/h10-11,16H,1-9H3/t16-/m0/s1. The quantitative estimate of drug-likeness (QED) is 0.759. The highest BCUT2D eigenvalue weighted by atomic mass is 16.5. The molecule has 0 bridgehead atoms. The van der Waals surface area contributed by atoms with E-state index < -0.39 is 0 Å². The summed E-state index contributed by atoms with van der Waals surface area (Å²) in [4.78, 5) is 0. The van der Waals surface area contributed by atoms with E-state index in [1.165, 1.54) is 16.7 Å². The third-order valence-corrected chi connectivity index (χ3v) is 3.09. The molecule has 1 radical (unpaired) electrons. The van der Waals surface area contributed by atoms with Gasteiger partial charge in [0.25, 0.3) is 0 Å². The predicted octanol–water partition coefficient (Wildman–Crippen LogP) is 5.04. The molecule has 113 valence electrons. The van der Waals surface area contributed by atoms with E-state index in [1.54, 1.807) is 0 Å². The van der Waals surface area contributed by atoms with Gasteiger partial charge in [0.1, 0.15) is 0 Å². The molecule has 0 amide bonds. The lowest BCUT2D eigenvalue weighted by Crippen LogP contribution is -2.41. The molecule has 0 saturated heterocycles. The molecule has 0 aliphatic heterocycles. The van der Waals surface area contributed by atoms with Gasteiger partial charge in [-0.3, -0.25) is 5.32 Å². The average Bonchev–Trinajstić information content (AvgIpc) is 2.18. The molecular formula is C18H30NO. The van der Waals surface area contributed by atoms with Crippen molar-refractivity contribution in [2.45, 2.75) is 74.1 Å². The number of hydrogen-bond acceptors (Lipinski definition) is 1. The van der Waals surface area contributed by atoms with Gasteiger partial charge in [-0.2, -0.15) is 0 Å². The minimum Gasteiger partial charge on any atom is -0.350 e. The Morgan fingerprint density at radius 1 is 0.900 bits per heavy atom. The van der Waals surface area contributed by atoms with Gasteiger partial charge < -0.3 is 4.74 Å². The van der Waals surface area contributed by atoms with Crippen LogP contribution < -0.4 is 5.32 Å². The van der Waals surface area contributed by atoms with Gasteiger partial charge in [0.2, 0.25) is 0 Å². The summed E-state index contributed by atoms with van der Waals surface area (Å²) in [6.45, 7) is 19.1. The molecule has 2 heteroatoms. The number of rotatable bonds is 3. The Kier molecular flexibility index (Phi) is 4.91. The summed E-state index contributed by atoms with van der Waals surface area (Å²) in [6.07, 6.45) is -0.150. The fraction of sp³-hybridized carbons (Fsp3) is 0.667. The lowest BCUT2D eigenvalue weighted by molar-refractivity contribution is -0.115. The van der Waals surface area contributed by atoms with E-state index in [-0.39, 0.29) is 17.2 Å². The molecule has 0 aliphatic carbocycles. The van der Waals surface area contributed by atoms with Crippen LogP contribution in [-0.2, 0) is 4.74 Å². The maximum absolute atomic E-state index is 6.18. The van der Waals surface area contributed by atoms with Gasteiger partial charge in [0.15, 0.2) is 6.23 Å². The van der Waals surface area contributed by atoms with Crippen LogP contribution in [0.3, 0.4) is 0 Å². The fourth-order valence-corrected chi connectivity index (χ4v) is 2.22. The Bertz CT molecular complexity index is 440. The predicted molar refractivity (Wildman–Crippen MR) is 86.5 cm³/mol. The molecule has 0 spiro atoms. The molecule has 1 aromatic carbocycles. The van der Waals surface area contributed by atoms with Gasteiger partial charge >= 0.3 is 0 Å². The van der Waals surface area contributed by atoms with Crippen molar-refractivity contribution >= 4 is 5.69 Å². The minimum atomic E-state index is -0.200. The van der Waals surface area contributed by atoms with E-state index in [0.717, 1.165) is 5.69 Å². The van der Waals surface area contributed by atoms with Crippen LogP contribution in [0, 0.1) is 26.2 Å². The highest BCUT2D eigenvalue weighted by Crippen LogP contribution is 2.31. The molecule has 1 rings (SSSR count). The highest BCUT2D eigenvalue weighted by molar-refractivity contribution is 5.53. The van der Waals surface area contributed by atoms with Gasteiger partial charge in [-0.25, -0.2) is 0 Å². The van der Waals surface area contributed by atoms with Crippen LogP contribution >= 0.6 is 0 Å². The van der Waals surface area contributed by atoms with Gasteiger partial charge in [-0.1, -0.05) is 38.5 Å². The molecule has 0 N–H and O–H groups in total. The summed E-state index contributed by atoms with van der Waals surface area (Å²) in [7, 11) is 0. The van der Waals surface area contributed by atoms with Crippen molar-refractivity contribution in [1.29, 1.82) is 0 Å². The molecule has 0 fully saturated rings. The normalized spacial score (nSPS) is 14.2. The van der Waals surface area contributed by atoms with E-state index in [0.29, 0.717) is 0 Å². The Labute approximate surface area is 124 Å². The molecule has 0 heterocycles. The Morgan fingerprint density at radius 2 is 1.35 bits per heavy atom. The molecule has 0 unspecified atom stereocenters.